The van der Waals surface area contributed by atoms with Crippen LogP contribution in [0.5, 0.6) is 17.2 Å². The number of amides is 4. The molecule has 0 atom stereocenters. The molecule has 3 aromatic carbocycles. The van der Waals surface area contributed by atoms with Crippen molar-refractivity contribution in [3.63, 3.8) is 0 Å². The molecule has 1 aliphatic heterocycles. The number of nitrogens with zero attached hydrogens (tertiary/aromatic N) is 1. The Labute approximate surface area is 229 Å². The molecule has 0 radical (unpaired) electrons. The van der Waals surface area contributed by atoms with E-state index in [4.69, 9.17) is 37.4 Å². The zero-order valence-corrected chi connectivity index (χ0v) is 22.1. The molecule has 3 aromatic rings. The monoisotopic (exact) mass is 554 g/mol. The van der Waals surface area contributed by atoms with Crippen LogP contribution in [0.1, 0.15) is 25.0 Å². The van der Waals surface area contributed by atoms with Gasteiger partial charge >= 0.3 is 6.03 Å². The Morgan fingerprint density at radius 2 is 1.63 bits per heavy atom. The fourth-order valence-corrected chi connectivity index (χ4v) is 4.26. The molecule has 0 saturated carbocycles. The van der Waals surface area contributed by atoms with Gasteiger partial charge in [-0.3, -0.25) is 14.9 Å². The van der Waals surface area contributed by atoms with Gasteiger partial charge in [-0.15, -0.1) is 0 Å². The summed E-state index contributed by atoms with van der Waals surface area (Å²) in [7, 11) is 0. The number of barbiturate groups is 1. The first-order valence-electron chi connectivity index (χ1n) is 11.8. The Morgan fingerprint density at radius 3 is 2.32 bits per heavy atom. The van der Waals surface area contributed by atoms with Crippen molar-refractivity contribution in [3.8, 4) is 17.2 Å². The highest BCUT2D eigenvalue weighted by Gasteiger charge is 2.37. The first-order valence-corrected chi connectivity index (χ1v) is 12.5. The number of hydrogen-bond acceptors (Lipinski definition) is 6. The quantitative estimate of drug-likeness (QED) is 0.256. The van der Waals surface area contributed by atoms with Gasteiger partial charge in [0.25, 0.3) is 11.8 Å². The number of nitrogens with one attached hydrogen (secondary N) is 1. The zero-order chi connectivity index (χ0) is 27.2. The summed E-state index contributed by atoms with van der Waals surface area (Å²) in [6.45, 7) is 4.64. The number of anilines is 1. The minimum absolute atomic E-state index is 0.195. The average Bonchev–Trinajstić information content (AvgIpc) is 2.87. The average molecular weight is 555 g/mol. The Bertz CT molecular complexity index is 1400. The van der Waals surface area contributed by atoms with Crippen LogP contribution in [0.15, 0.2) is 66.2 Å². The summed E-state index contributed by atoms with van der Waals surface area (Å²) in [5.74, 6) is -0.377. The number of urea groups is 1. The van der Waals surface area contributed by atoms with Gasteiger partial charge in [-0.25, -0.2) is 9.69 Å². The molecule has 1 N–H and O–H groups in total. The standard InChI is InChI=1S/C28H24Cl2N2O6/c1-3-36-21-10-8-20(9-11-21)32-27(34)22(26(33)31-28(32)35)13-18-14-23(30)25(24(15-18)37-4-2)38-16-17-6-5-7-19(29)12-17/h5-15H,3-4,16H2,1-2H3,(H,31,33,35)/b22-13+. The fourth-order valence-electron chi connectivity index (χ4n) is 3.77. The molecule has 1 fully saturated rings. The van der Waals surface area contributed by atoms with Gasteiger partial charge in [0.2, 0.25) is 0 Å². The van der Waals surface area contributed by atoms with E-state index in [1.165, 1.54) is 6.08 Å². The summed E-state index contributed by atoms with van der Waals surface area (Å²) in [6.07, 6.45) is 1.35. The molecule has 1 aliphatic rings. The van der Waals surface area contributed by atoms with Crippen molar-refractivity contribution in [2.24, 2.45) is 0 Å². The van der Waals surface area contributed by atoms with Gasteiger partial charge in [0.1, 0.15) is 17.9 Å². The Hall–Kier alpha value is -4.01. The lowest BCUT2D eigenvalue weighted by Gasteiger charge is -2.26. The normalized spacial score (nSPS) is 14.5. The van der Waals surface area contributed by atoms with Gasteiger partial charge in [-0.1, -0.05) is 35.3 Å². The molecule has 1 saturated heterocycles. The van der Waals surface area contributed by atoms with Crippen LogP contribution < -0.4 is 24.4 Å². The van der Waals surface area contributed by atoms with Crippen LogP contribution in [0.2, 0.25) is 10.0 Å². The minimum Gasteiger partial charge on any atom is -0.494 e. The Kier molecular flexibility index (Phi) is 8.55. The van der Waals surface area contributed by atoms with Gasteiger partial charge in [0.05, 0.1) is 23.9 Å². The van der Waals surface area contributed by atoms with E-state index in [1.54, 1.807) is 55.5 Å². The lowest BCUT2D eigenvalue weighted by molar-refractivity contribution is -0.122. The zero-order valence-electron chi connectivity index (χ0n) is 20.6. The number of imide groups is 2. The third-order valence-corrected chi connectivity index (χ3v) is 5.94. The highest BCUT2D eigenvalue weighted by molar-refractivity contribution is 6.39. The first-order chi connectivity index (χ1) is 18.3. The smallest absolute Gasteiger partial charge is 0.335 e. The van der Waals surface area contributed by atoms with Crippen LogP contribution in [0.3, 0.4) is 0 Å². The second-order valence-electron chi connectivity index (χ2n) is 8.07. The van der Waals surface area contributed by atoms with Crippen molar-refractivity contribution in [3.05, 3.63) is 87.4 Å². The predicted octanol–water partition coefficient (Wildman–Crippen LogP) is 6.04. The Balaban J connectivity index is 1.63. The first kappa shape index (κ1) is 27.0. The van der Waals surface area contributed by atoms with Crippen LogP contribution in [0, 0.1) is 0 Å². The summed E-state index contributed by atoms with van der Waals surface area (Å²) in [5.41, 5.74) is 1.29. The number of carbonyl (C=O) groups excluding carboxylic acids is 3. The number of halogens is 2. The number of rotatable bonds is 9. The summed E-state index contributed by atoms with van der Waals surface area (Å²) in [4.78, 5) is 39.3. The van der Waals surface area contributed by atoms with E-state index in [-0.39, 0.29) is 22.9 Å². The van der Waals surface area contributed by atoms with Crippen molar-refractivity contribution in [2.45, 2.75) is 20.5 Å². The van der Waals surface area contributed by atoms with Crippen LogP contribution >= 0.6 is 23.2 Å². The van der Waals surface area contributed by atoms with Crippen LogP contribution in [0.4, 0.5) is 10.5 Å². The van der Waals surface area contributed by atoms with E-state index in [2.05, 4.69) is 5.32 Å². The van der Waals surface area contributed by atoms with Gasteiger partial charge in [0.15, 0.2) is 11.5 Å². The molecular weight excluding hydrogens is 531 g/mol. The van der Waals surface area contributed by atoms with E-state index in [9.17, 15) is 14.4 Å². The molecule has 38 heavy (non-hydrogen) atoms. The molecule has 10 heteroatoms. The maximum Gasteiger partial charge on any atom is 0.335 e. The molecule has 1 heterocycles. The maximum atomic E-state index is 13.3. The van der Waals surface area contributed by atoms with Gasteiger partial charge < -0.3 is 14.2 Å². The molecule has 196 valence electrons. The van der Waals surface area contributed by atoms with Crippen molar-refractivity contribution >= 4 is 52.8 Å². The molecular formula is C28H24Cl2N2O6. The second-order valence-corrected chi connectivity index (χ2v) is 8.91. The summed E-state index contributed by atoms with van der Waals surface area (Å²) in [5, 5.41) is 3.00. The van der Waals surface area contributed by atoms with Crippen molar-refractivity contribution in [2.75, 3.05) is 18.1 Å². The van der Waals surface area contributed by atoms with E-state index in [0.717, 1.165) is 10.5 Å². The molecule has 0 spiro atoms. The highest BCUT2D eigenvalue weighted by atomic mass is 35.5. The topological polar surface area (TPSA) is 94.2 Å². The van der Waals surface area contributed by atoms with Crippen LogP contribution in [0.25, 0.3) is 6.08 Å². The molecule has 0 aromatic heterocycles. The lowest BCUT2D eigenvalue weighted by Crippen LogP contribution is -2.54. The van der Waals surface area contributed by atoms with Gasteiger partial charge in [0, 0.05) is 5.02 Å². The molecule has 4 amide bonds. The molecule has 8 nitrogen and oxygen atoms in total. The SMILES string of the molecule is CCOc1ccc(N2C(=O)NC(=O)/C(=C\c3cc(Cl)c(OCc4cccc(Cl)c4)c(OCC)c3)C2=O)cc1. The van der Waals surface area contributed by atoms with Crippen LogP contribution in [-0.4, -0.2) is 31.1 Å². The van der Waals surface area contributed by atoms with Crippen molar-refractivity contribution in [1.82, 2.24) is 5.32 Å². The minimum atomic E-state index is -0.848. The number of ether oxygens (including phenoxy) is 3. The van der Waals surface area contributed by atoms with Gasteiger partial charge in [-0.05, 0) is 79.6 Å². The Morgan fingerprint density at radius 1 is 0.895 bits per heavy atom. The maximum absolute atomic E-state index is 13.3. The largest absolute Gasteiger partial charge is 0.494 e. The van der Waals surface area contributed by atoms with E-state index in [0.29, 0.717) is 41.0 Å². The van der Waals surface area contributed by atoms with E-state index < -0.39 is 17.8 Å². The summed E-state index contributed by atoms with van der Waals surface area (Å²) >= 11 is 12.6. The summed E-state index contributed by atoms with van der Waals surface area (Å²) < 4.78 is 17.1. The summed E-state index contributed by atoms with van der Waals surface area (Å²) in [6, 6.07) is 15.9. The number of carbonyl (C=O) groups is 3. The molecule has 4 rings (SSSR count). The van der Waals surface area contributed by atoms with Crippen molar-refractivity contribution in [1.29, 1.82) is 0 Å². The molecule has 0 unspecified atom stereocenters. The molecule has 0 bridgehead atoms. The predicted molar refractivity (Wildman–Crippen MR) is 145 cm³/mol. The highest BCUT2D eigenvalue weighted by Crippen LogP contribution is 2.38. The van der Waals surface area contributed by atoms with Crippen molar-refractivity contribution < 1.29 is 28.6 Å². The van der Waals surface area contributed by atoms with Gasteiger partial charge in [-0.2, -0.15) is 0 Å². The third kappa shape index (κ3) is 6.10. The number of benzene rings is 3. The number of hydrogen-bond donors (Lipinski definition) is 1. The van der Waals surface area contributed by atoms with E-state index in [1.807, 2.05) is 19.1 Å². The van der Waals surface area contributed by atoms with E-state index >= 15 is 0 Å². The van der Waals surface area contributed by atoms with Crippen LogP contribution in [-0.2, 0) is 16.2 Å². The second kappa shape index (κ2) is 12.0. The fraction of sp³-hybridized carbons (Fsp3) is 0.179. The third-order valence-electron chi connectivity index (χ3n) is 5.42. The lowest BCUT2D eigenvalue weighted by atomic mass is 10.1. The molecule has 0 aliphatic carbocycles.